The van der Waals surface area contributed by atoms with Gasteiger partial charge in [-0.05, 0) is 35.8 Å². The molecule has 1 aliphatic carbocycles. The molecule has 0 spiro atoms. The van der Waals surface area contributed by atoms with Crippen molar-refractivity contribution in [1.29, 1.82) is 0 Å². The van der Waals surface area contributed by atoms with Crippen molar-refractivity contribution in [3.05, 3.63) is 35.9 Å². The molecule has 6 nitrogen and oxygen atoms in total. The lowest BCUT2D eigenvalue weighted by molar-refractivity contribution is 0.0233. The first-order valence-electron chi connectivity index (χ1n) is 7.83. The predicted molar refractivity (Wildman–Crippen MR) is 82.5 cm³/mol. The largest absolute Gasteiger partial charge is 0.462 e. The van der Waals surface area contributed by atoms with Crippen LogP contribution in [0.15, 0.2) is 30.3 Å². The van der Waals surface area contributed by atoms with E-state index in [-0.39, 0.29) is 62.6 Å². The smallest absolute Gasteiger partial charge is 0.338 e. The Morgan fingerprint density at radius 2 is 1.22 bits per heavy atom. The van der Waals surface area contributed by atoms with Gasteiger partial charge in [-0.15, -0.1) is 0 Å². The summed E-state index contributed by atoms with van der Waals surface area (Å²) in [6, 6.07) is 8.58. The summed E-state index contributed by atoms with van der Waals surface area (Å²) in [4.78, 5) is 12.0. The molecule has 0 aromatic heterocycles. The van der Waals surface area contributed by atoms with Crippen LogP contribution in [0, 0.1) is 29.6 Å². The molecule has 4 N–H and O–H groups in total. The summed E-state index contributed by atoms with van der Waals surface area (Å²) in [5.74, 6) is -2.04. The topological polar surface area (TPSA) is 107 Å². The zero-order valence-corrected chi connectivity index (χ0v) is 12.9. The summed E-state index contributed by atoms with van der Waals surface area (Å²) < 4.78 is 5.34. The molecule has 0 aliphatic heterocycles. The minimum absolute atomic E-state index is 0.0389. The van der Waals surface area contributed by atoms with Gasteiger partial charge in [0.05, 0.1) is 12.2 Å². The van der Waals surface area contributed by atoms with Crippen molar-refractivity contribution in [2.75, 3.05) is 33.0 Å². The SMILES string of the molecule is O=C(OCC1[C@@H](CO)[C@@H](CO)[C@@H](CO)[C@H]1CO)c1ccccc1. The van der Waals surface area contributed by atoms with E-state index in [1.54, 1.807) is 30.3 Å². The maximum atomic E-state index is 12.0. The van der Waals surface area contributed by atoms with Crippen molar-refractivity contribution < 1.29 is 30.0 Å². The highest BCUT2D eigenvalue weighted by molar-refractivity contribution is 5.89. The van der Waals surface area contributed by atoms with E-state index in [1.165, 1.54) is 0 Å². The first-order chi connectivity index (χ1) is 11.2. The second-order valence-electron chi connectivity index (χ2n) is 6.01. The quantitative estimate of drug-likeness (QED) is 0.522. The minimum atomic E-state index is -0.466. The van der Waals surface area contributed by atoms with Crippen LogP contribution in [0.3, 0.4) is 0 Å². The van der Waals surface area contributed by atoms with Crippen LogP contribution in [-0.2, 0) is 4.74 Å². The van der Waals surface area contributed by atoms with Gasteiger partial charge in [-0.1, -0.05) is 18.2 Å². The molecule has 0 amide bonds. The van der Waals surface area contributed by atoms with Gasteiger partial charge in [0.15, 0.2) is 0 Å². The lowest BCUT2D eigenvalue weighted by Crippen LogP contribution is -2.29. The van der Waals surface area contributed by atoms with Crippen LogP contribution in [0.25, 0.3) is 0 Å². The normalized spacial score (nSPS) is 30.3. The van der Waals surface area contributed by atoms with Crippen LogP contribution in [0.2, 0.25) is 0 Å². The van der Waals surface area contributed by atoms with Crippen LogP contribution in [-0.4, -0.2) is 59.4 Å². The Morgan fingerprint density at radius 1 is 0.783 bits per heavy atom. The average molecular weight is 324 g/mol. The van der Waals surface area contributed by atoms with Gasteiger partial charge in [0.1, 0.15) is 0 Å². The van der Waals surface area contributed by atoms with E-state index < -0.39 is 5.97 Å². The summed E-state index contributed by atoms with van der Waals surface area (Å²) in [7, 11) is 0. The van der Waals surface area contributed by atoms with Gasteiger partial charge in [-0.3, -0.25) is 0 Å². The number of aliphatic hydroxyl groups excluding tert-OH is 4. The third kappa shape index (κ3) is 3.72. The molecule has 1 unspecified atom stereocenters. The number of rotatable bonds is 7. The van der Waals surface area contributed by atoms with Gasteiger partial charge in [0.2, 0.25) is 0 Å². The van der Waals surface area contributed by atoms with E-state index in [0.717, 1.165) is 0 Å². The highest BCUT2D eigenvalue weighted by atomic mass is 16.5. The Labute approximate surface area is 135 Å². The number of carbonyl (C=O) groups excluding carboxylic acids is 1. The molecule has 1 aliphatic rings. The standard InChI is InChI=1S/C17H24O6/c18-6-12-13(7-19)15(9-21)16(14(12)8-20)10-23-17(22)11-4-2-1-3-5-11/h1-5,12-16,18-21H,6-10H2/t12-,13+,14-,15+,16?. The number of esters is 1. The van der Waals surface area contributed by atoms with Crippen LogP contribution in [0.5, 0.6) is 0 Å². The molecule has 2 rings (SSSR count). The predicted octanol–water partition coefficient (Wildman–Crippen LogP) is -0.0928. The van der Waals surface area contributed by atoms with Crippen LogP contribution < -0.4 is 0 Å². The van der Waals surface area contributed by atoms with Gasteiger partial charge >= 0.3 is 5.97 Å². The summed E-state index contributed by atoms with van der Waals surface area (Å²) >= 11 is 0. The lowest BCUT2D eigenvalue weighted by atomic mass is 9.88. The first kappa shape index (κ1) is 17.9. The molecule has 0 heterocycles. The van der Waals surface area contributed by atoms with E-state index in [2.05, 4.69) is 0 Å². The van der Waals surface area contributed by atoms with Gasteiger partial charge in [-0.25, -0.2) is 4.79 Å². The van der Waals surface area contributed by atoms with Gasteiger partial charge in [0.25, 0.3) is 0 Å². The molecule has 6 heteroatoms. The number of hydrogen-bond acceptors (Lipinski definition) is 6. The molecular weight excluding hydrogens is 300 g/mol. The van der Waals surface area contributed by atoms with Gasteiger partial charge in [0, 0.05) is 32.3 Å². The zero-order valence-electron chi connectivity index (χ0n) is 12.9. The summed E-state index contributed by atoms with van der Waals surface area (Å²) in [5, 5.41) is 38.4. The number of aliphatic hydroxyl groups is 4. The van der Waals surface area contributed by atoms with E-state index in [9.17, 15) is 25.2 Å². The zero-order chi connectivity index (χ0) is 16.8. The third-order valence-corrected chi connectivity index (χ3v) is 5.01. The molecular formula is C17H24O6. The molecule has 5 atom stereocenters. The number of carbonyl (C=O) groups is 1. The maximum absolute atomic E-state index is 12.0. The fraction of sp³-hybridized carbons (Fsp3) is 0.588. The van der Waals surface area contributed by atoms with E-state index >= 15 is 0 Å². The van der Waals surface area contributed by atoms with Crippen LogP contribution >= 0.6 is 0 Å². The van der Waals surface area contributed by atoms with Crippen molar-refractivity contribution in [2.24, 2.45) is 29.6 Å². The van der Waals surface area contributed by atoms with E-state index in [0.29, 0.717) is 5.56 Å². The van der Waals surface area contributed by atoms with Crippen molar-refractivity contribution in [3.63, 3.8) is 0 Å². The Hall–Kier alpha value is -1.47. The fourth-order valence-corrected chi connectivity index (χ4v) is 3.75. The Bertz CT molecular complexity index is 473. The second kappa shape index (κ2) is 8.40. The minimum Gasteiger partial charge on any atom is -0.462 e. The number of ether oxygens (including phenoxy) is 1. The molecule has 128 valence electrons. The van der Waals surface area contributed by atoms with E-state index in [4.69, 9.17) is 4.74 Å². The molecule has 1 aromatic rings. The Morgan fingerprint density at radius 3 is 1.65 bits per heavy atom. The number of benzene rings is 1. The van der Waals surface area contributed by atoms with Crippen molar-refractivity contribution in [3.8, 4) is 0 Å². The molecule has 0 bridgehead atoms. The van der Waals surface area contributed by atoms with Crippen molar-refractivity contribution in [1.82, 2.24) is 0 Å². The lowest BCUT2D eigenvalue weighted by Gasteiger charge is -2.23. The molecule has 23 heavy (non-hydrogen) atoms. The fourth-order valence-electron chi connectivity index (χ4n) is 3.75. The molecule has 1 fully saturated rings. The van der Waals surface area contributed by atoms with Crippen molar-refractivity contribution >= 4 is 5.97 Å². The highest BCUT2D eigenvalue weighted by Crippen LogP contribution is 2.45. The number of hydrogen-bond donors (Lipinski definition) is 4. The highest BCUT2D eigenvalue weighted by Gasteiger charge is 2.49. The Kier molecular flexibility index (Phi) is 6.53. The van der Waals surface area contributed by atoms with Crippen LogP contribution in [0.4, 0.5) is 0 Å². The monoisotopic (exact) mass is 324 g/mol. The Balaban J connectivity index is 2.08. The van der Waals surface area contributed by atoms with Gasteiger partial charge < -0.3 is 25.2 Å². The average Bonchev–Trinajstić information content (AvgIpc) is 2.91. The third-order valence-electron chi connectivity index (χ3n) is 5.01. The molecule has 1 aromatic carbocycles. The molecule has 1 saturated carbocycles. The molecule has 0 radical (unpaired) electrons. The maximum Gasteiger partial charge on any atom is 0.338 e. The van der Waals surface area contributed by atoms with E-state index in [1.807, 2.05) is 0 Å². The summed E-state index contributed by atoms with van der Waals surface area (Å²) in [6.07, 6.45) is 0. The second-order valence-corrected chi connectivity index (χ2v) is 6.01. The molecule has 0 saturated heterocycles. The summed E-state index contributed by atoms with van der Waals surface area (Å²) in [6.45, 7) is -0.707. The summed E-state index contributed by atoms with van der Waals surface area (Å²) in [5.41, 5.74) is 0.434. The van der Waals surface area contributed by atoms with Crippen LogP contribution in [0.1, 0.15) is 10.4 Å². The van der Waals surface area contributed by atoms with Crippen molar-refractivity contribution in [2.45, 2.75) is 0 Å². The first-order valence-corrected chi connectivity index (χ1v) is 7.83. The van der Waals surface area contributed by atoms with Gasteiger partial charge in [-0.2, -0.15) is 0 Å².